The first-order valence-corrected chi connectivity index (χ1v) is 7.52. The van der Waals surface area contributed by atoms with E-state index in [1.807, 2.05) is 13.8 Å². The molecule has 0 radical (unpaired) electrons. The van der Waals surface area contributed by atoms with Crippen LogP contribution >= 0.6 is 11.3 Å². The van der Waals surface area contributed by atoms with Crippen molar-refractivity contribution in [1.29, 1.82) is 0 Å². The summed E-state index contributed by atoms with van der Waals surface area (Å²) < 4.78 is 25.7. The molecule has 0 fully saturated rings. The van der Waals surface area contributed by atoms with Crippen LogP contribution in [0.25, 0.3) is 0 Å². The quantitative estimate of drug-likeness (QED) is 0.863. The first-order valence-electron chi connectivity index (χ1n) is 5.05. The van der Waals surface area contributed by atoms with Crippen molar-refractivity contribution in [1.82, 2.24) is 0 Å². The summed E-state index contributed by atoms with van der Waals surface area (Å²) in [6.07, 6.45) is 0. The van der Waals surface area contributed by atoms with E-state index in [1.165, 1.54) is 6.07 Å². The molecule has 17 heavy (non-hydrogen) atoms. The number of hydrogen-bond donors (Lipinski definition) is 2. The summed E-state index contributed by atoms with van der Waals surface area (Å²) in [6.45, 7) is 5.25. The lowest BCUT2D eigenvalue weighted by molar-refractivity contribution is 0.0701. The number of sulfonamides is 1. The van der Waals surface area contributed by atoms with Gasteiger partial charge in [-0.1, -0.05) is 13.8 Å². The maximum absolute atomic E-state index is 11.6. The summed E-state index contributed by atoms with van der Waals surface area (Å²) in [7, 11) is -3.40. The standard InChI is InChI=1S/C10H15NO4S2/c1-6(2)5-17(14,15)11-8-4-7(3)9(16-8)10(12)13/h4,6,11H,5H2,1-3H3,(H,12,13). The van der Waals surface area contributed by atoms with Crippen molar-refractivity contribution in [2.45, 2.75) is 20.8 Å². The zero-order valence-electron chi connectivity index (χ0n) is 9.85. The number of carboxylic acid groups (broad SMARTS) is 1. The first-order chi connectivity index (χ1) is 7.71. The largest absolute Gasteiger partial charge is 0.477 e. The van der Waals surface area contributed by atoms with Crippen molar-refractivity contribution in [3.05, 3.63) is 16.5 Å². The van der Waals surface area contributed by atoms with E-state index in [9.17, 15) is 13.2 Å². The van der Waals surface area contributed by atoms with Crippen LogP contribution in [0.3, 0.4) is 0 Å². The van der Waals surface area contributed by atoms with Crippen LogP contribution in [0.2, 0.25) is 0 Å². The number of anilines is 1. The summed E-state index contributed by atoms with van der Waals surface area (Å²) in [5.41, 5.74) is 0.560. The second-order valence-electron chi connectivity index (χ2n) is 4.21. The highest BCUT2D eigenvalue weighted by Crippen LogP contribution is 2.27. The van der Waals surface area contributed by atoms with Gasteiger partial charge in [-0.05, 0) is 24.5 Å². The van der Waals surface area contributed by atoms with E-state index in [2.05, 4.69) is 4.72 Å². The maximum atomic E-state index is 11.6. The fourth-order valence-electron chi connectivity index (χ4n) is 1.38. The minimum Gasteiger partial charge on any atom is -0.477 e. The second-order valence-corrected chi connectivity index (χ2v) is 7.02. The summed E-state index contributed by atoms with van der Waals surface area (Å²) in [4.78, 5) is 11.0. The summed E-state index contributed by atoms with van der Waals surface area (Å²) in [5, 5.41) is 9.20. The van der Waals surface area contributed by atoms with Crippen molar-refractivity contribution in [3.63, 3.8) is 0 Å². The molecule has 0 spiro atoms. The summed E-state index contributed by atoms with van der Waals surface area (Å²) in [5.74, 6) is -0.999. The van der Waals surface area contributed by atoms with Gasteiger partial charge >= 0.3 is 5.97 Å². The predicted octanol–water partition coefficient (Wildman–Crippen LogP) is 2.15. The Kier molecular flexibility index (Phi) is 4.16. The van der Waals surface area contributed by atoms with Crippen LogP contribution in [0.4, 0.5) is 5.00 Å². The molecule has 0 atom stereocenters. The fourth-order valence-corrected chi connectivity index (χ4v) is 4.02. The van der Waals surface area contributed by atoms with Crippen LogP contribution in [0, 0.1) is 12.8 Å². The molecule has 0 aliphatic heterocycles. The molecule has 5 nitrogen and oxygen atoms in total. The fraction of sp³-hybridized carbons (Fsp3) is 0.500. The SMILES string of the molecule is Cc1cc(NS(=O)(=O)CC(C)C)sc1C(=O)O. The molecule has 1 aromatic heterocycles. The molecular weight excluding hydrogens is 262 g/mol. The lowest BCUT2D eigenvalue weighted by Crippen LogP contribution is -2.19. The zero-order chi connectivity index (χ0) is 13.2. The van der Waals surface area contributed by atoms with E-state index in [1.54, 1.807) is 6.92 Å². The first kappa shape index (κ1) is 14.0. The lowest BCUT2D eigenvalue weighted by Gasteiger charge is -2.07. The number of aryl methyl sites for hydroxylation is 1. The third-order valence-electron chi connectivity index (χ3n) is 1.92. The Balaban J connectivity index is 2.90. The Bertz CT molecular complexity index is 516. The number of hydrogen-bond acceptors (Lipinski definition) is 4. The second kappa shape index (κ2) is 5.05. The van der Waals surface area contributed by atoms with Crippen LogP contribution < -0.4 is 4.72 Å². The molecule has 0 amide bonds. The van der Waals surface area contributed by atoms with Crippen LogP contribution in [0.15, 0.2) is 6.07 Å². The van der Waals surface area contributed by atoms with E-state index in [0.29, 0.717) is 10.6 Å². The van der Waals surface area contributed by atoms with Crippen molar-refractivity contribution in [3.8, 4) is 0 Å². The number of nitrogens with one attached hydrogen (secondary N) is 1. The van der Waals surface area contributed by atoms with Gasteiger partial charge in [-0.3, -0.25) is 4.72 Å². The van der Waals surface area contributed by atoms with E-state index < -0.39 is 16.0 Å². The highest BCUT2D eigenvalue weighted by atomic mass is 32.2. The maximum Gasteiger partial charge on any atom is 0.346 e. The van der Waals surface area contributed by atoms with Crippen LogP contribution in [0.1, 0.15) is 29.1 Å². The van der Waals surface area contributed by atoms with Gasteiger partial charge in [0, 0.05) is 0 Å². The van der Waals surface area contributed by atoms with Gasteiger partial charge in [-0.15, -0.1) is 11.3 Å². The Labute approximate surface area is 105 Å². The minimum atomic E-state index is -3.40. The van der Waals surface area contributed by atoms with E-state index in [0.717, 1.165) is 11.3 Å². The van der Waals surface area contributed by atoms with Crippen molar-refractivity contribution in [2.75, 3.05) is 10.5 Å². The molecule has 1 aromatic rings. The van der Waals surface area contributed by atoms with Gasteiger partial charge in [-0.25, -0.2) is 13.2 Å². The molecule has 96 valence electrons. The van der Waals surface area contributed by atoms with Gasteiger partial charge in [-0.2, -0.15) is 0 Å². The number of rotatable bonds is 5. The highest BCUT2D eigenvalue weighted by molar-refractivity contribution is 7.92. The summed E-state index contributed by atoms with van der Waals surface area (Å²) >= 11 is 0.932. The molecule has 0 saturated carbocycles. The molecular formula is C10H15NO4S2. The Hall–Kier alpha value is -1.08. The third-order valence-corrected chi connectivity index (χ3v) is 4.83. The smallest absolute Gasteiger partial charge is 0.346 e. The average Bonchev–Trinajstić information content (AvgIpc) is 2.42. The summed E-state index contributed by atoms with van der Waals surface area (Å²) in [6, 6.07) is 1.53. The molecule has 0 bridgehead atoms. The highest BCUT2D eigenvalue weighted by Gasteiger charge is 2.17. The monoisotopic (exact) mass is 277 g/mol. The molecule has 7 heteroatoms. The molecule has 0 aromatic carbocycles. The molecule has 0 aliphatic carbocycles. The van der Waals surface area contributed by atoms with Gasteiger partial charge < -0.3 is 5.11 Å². The van der Waals surface area contributed by atoms with E-state index in [-0.39, 0.29) is 16.5 Å². The van der Waals surface area contributed by atoms with Crippen LogP contribution in [-0.2, 0) is 10.0 Å². The Morgan fingerprint density at radius 3 is 2.53 bits per heavy atom. The van der Waals surface area contributed by atoms with Crippen LogP contribution in [-0.4, -0.2) is 25.2 Å². The average molecular weight is 277 g/mol. The van der Waals surface area contributed by atoms with Gasteiger partial charge in [0.05, 0.1) is 5.75 Å². The molecule has 2 N–H and O–H groups in total. The van der Waals surface area contributed by atoms with Crippen molar-refractivity contribution >= 4 is 32.3 Å². The van der Waals surface area contributed by atoms with Crippen molar-refractivity contribution in [2.24, 2.45) is 5.92 Å². The molecule has 0 aliphatic rings. The molecule has 0 saturated heterocycles. The minimum absolute atomic E-state index is 0.0202. The predicted molar refractivity (Wildman–Crippen MR) is 68.3 cm³/mol. The van der Waals surface area contributed by atoms with Gasteiger partial charge in [0.15, 0.2) is 0 Å². The number of thiophene rings is 1. The normalized spacial score (nSPS) is 11.8. The van der Waals surface area contributed by atoms with Gasteiger partial charge in [0.1, 0.15) is 9.88 Å². The topological polar surface area (TPSA) is 83.5 Å². The van der Waals surface area contributed by atoms with Gasteiger partial charge in [0.2, 0.25) is 10.0 Å². The zero-order valence-corrected chi connectivity index (χ0v) is 11.5. The van der Waals surface area contributed by atoms with Crippen molar-refractivity contribution < 1.29 is 18.3 Å². The van der Waals surface area contributed by atoms with Gasteiger partial charge in [0.25, 0.3) is 0 Å². The number of aromatic carboxylic acids is 1. The lowest BCUT2D eigenvalue weighted by atomic mass is 10.3. The molecule has 0 unspecified atom stereocenters. The van der Waals surface area contributed by atoms with E-state index >= 15 is 0 Å². The Morgan fingerprint density at radius 2 is 2.12 bits per heavy atom. The number of carbonyl (C=O) groups is 1. The number of carboxylic acids is 1. The third kappa shape index (κ3) is 4.01. The van der Waals surface area contributed by atoms with E-state index in [4.69, 9.17) is 5.11 Å². The molecule has 1 heterocycles. The molecule has 1 rings (SSSR count). The Morgan fingerprint density at radius 1 is 1.53 bits per heavy atom. The van der Waals surface area contributed by atoms with Crippen LogP contribution in [0.5, 0.6) is 0 Å².